The summed E-state index contributed by atoms with van der Waals surface area (Å²) in [4.78, 5) is 11.5. The molecule has 4 nitrogen and oxygen atoms in total. The molecule has 94 valence electrons. The van der Waals surface area contributed by atoms with Gasteiger partial charge in [0.05, 0.1) is 0 Å². The minimum absolute atomic E-state index is 0.0291. The van der Waals surface area contributed by atoms with Gasteiger partial charge in [-0.2, -0.15) is 0 Å². The lowest BCUT2D eigenvalue weighted by Crippen LogP contribution is -2.35. The predicted molar refractivity (Wildman–Crippen MR) is 67.7 cm³/mol. The SMILES string of the molecule is CCC(C)NC(=O)COc1ccccc1CN. The van der Waals surface area contributed by atoms with Crippen LogP contribution in [0.3, 0.4) is 0 Å². The van der Waals surface area contributed by atoms with Crippen LogP contribution in [-0.2, 0) is 11.3 Å². The van der Waals surface area contributed by atoms with Crippen LogP contribution in [0.25, 0.3) is 0 Å². The largest absolute Gasteiger partial charge is 0.483 e. The molecule has 0 aliphatic heterocycles. The number of nitrogens with one attached hydrogen (secondary N) is 1. The topological polar surface area (TPSA) is 64.3 Å². The van der Waals surface area contributed by atoms with Crippen LogP contribution in [0.1, 0.15) is 25.8 Å². The van der Waals surface area contributed by atoms with Crippen molar-refractivity contribution in [3.05, 3.63) is 29.8 Å². The predicted octanol–water partition coefficient (Wildman–Crippen LogP) is 1.44. The molecule has 4 heteroatoms. The maximum absolute atomic E-state index is 11.5. The third-order valence-electron chi connectivity index (χ3n) is 2.57. The number of benzene rings is 1. The summed E-state index contributed by atoms with van der Waals surface area (Å²) in [5, 5.41) is 2.84. The smallest absolute Gasteiger partial charge is 0.258 e. The number of carbonyl (C=O) groups is 1. The number of hydrogen-bond donors (Lipinski definition) is 2. The second-order valence-corrected chi connectivity index (χ2v) is 3.98. The van der Waals surface area contributed by atoms with E-state index in [1.807, 2.05) is 38.1 Å². The maximum Gasteiger partial charge on any atom is 0.258 e. The number of ether oxygens (including phenoxy) is 1. The number of para-hydroxylation sites is 1. The highest BCUT2D eigenvalue weighted by molar-refractivity contribution is 5.77. The molecule has 0 fully saturated rings. The molecule has 1 amide bonds. The molecule has 0 radical (unpaired) electrons. The molecule has 0 aliphatic carbocycles. The van der Waals surface area contributed by atoms with E-state index in [0.29, 0.717) is 12.3 Å². The van der Waals surface area contributed by atoms with E-state index in [-0.39, 0.29) is 18.6 Å². The Labute approximate surface area is 102 Å². The van der Waals surface area contributed by atoms with Crippen molar-refractivity contribution in [1.82, 2.24) is 5.32 Å². The van der Waals surface area contributed by atoms with E-state index in [1.165, 1.54) is 0 Å². The van der Waals surface area contributed by atoms with Gasteiger partial charge < -0.3 is 15.8 Å². The molecule has 17 heavy (non-hydrogen) atoms. The van der Waals surface area contributed by atoms with Crippen molar-refractivity contribution in [2.75, 3.05) is 6.61 Å². The molecule has 1 aromatic rings. The van der Waals surface area contributed by atoms with Gasteiger partial charge >= 0.3 is 0 Å². The standard InChI is InChI=1S/C13H20N2O2/c1-3-10(2)15-13(16)9-17-12-7-5-4-6-11(12)8-14/h4-7,10H,3,8-9,14H2,1-2H3,(H,15,16). The first-order chi connectivity index (χ1) is 8.17. The Morgan fingerprint density at radius 3 is 2.82 bits per heavy atom. The second kappa shape index (κ2) is 6.91. The van der Waals surface area contributed by atoms with Gasteiger partial charge in [-0.3, -0.25) is 4.79 Å². The van der Waals surface area contributed by atoms with Crippen LogP contribution >= 0.6 is 0 Å². The minimum atomic E-state index is -0.105. The molecule has 1 rings (SSSR count). The number of carbonyl (C=O) groups excluding carboxylic acids is 1. The number of rotatable bonds is 6. The lowest BCUT2D eigenvalue weighted by atomic mass is 10.2. The van der Waals surface area contributed by atoms with Gasteiger partial charge in [0.15, 0.2) is 6.61 Å². The first-order valence-corrected chi connectivity index (χ1v) is 5.87. The fourth-order valence-corrected chi connectivity index (χ4v) is 1.38. The van der Waals surface area contributed by atoms with Crippen molar-refractivity contribution in [3.63, 3.8) is 0 Å². The molecule has 0 saturated heterocycles. The highest BCUT2D eigenvalue weighted by atomic mass is 16.5. The zero-order valence-electron chi connectivity index (χ0n) is 10.4. The highest BCUT2D eigenvalue weighted by Gasteiger charge is 2.07. The molecular formula is C13H20N2O2. The van der Waals surface area contributed by atoms with Gasteiger partial charge in [-0.25, -0.2) is 0 Å². The Hall–Kier alpha value is -1.55. The van der Waals surface area contributed by atoms with E-state index in [2.05, 4.69) is 5.32 Å². The van der Waals surface area contributed by atoms with Crippen LogP contribution in [0.5, 0.6) is 5.75 Å². The van der Waals surface area contributed by atoms with Crippen molar-refractivity contribution in [2.45, 2.75) is 32.9 Å². The van der Waals surface area contributed by atoms with E-state index in [9.17, 15) is 4.79 Å². The molecule has 0 aromatic heterocycles. The van der Waals surface area contributed by atoms with E-state index in [1.54, 1.807) is 0 Å². The number of amides is 1. The number of hydrogen-bond acceptors (Lipinski definition) is 3. The van der Waals surface area contributed by atoms with Gasteiger partial charge in [0.25, 0.3) is 5.91 Å². The summed E-state index contributed by atoms with van der Waals surface area (Å²) < 4.78 is 5.44. The molecule has 1 unspecified atom stereocenters. The summed E-state index contributed by atoms with van der Waals surface area (Å²) in [6, 6.07) is 7.64. The van der Waals surface area contributed by atoms with Gasteiger partial charge in [-0.1, -0.05) is 25.1 Å². The zero-order valence-corrected chi connectivity index (χ0v) is 10.4. The Balaban J connectivity index is 2.47. The third-order valence-corrected chi connectivity index (χ3v) is 2.57. The van der Waals surface area contributed by atoms with Gasteiger partial charge in [0.1, 0.15) is 5.75 Å². The first-order valence-electron chi connectivity index (χ1n) is 5.87. The molecule has 1 atom stereocenters. The average molecular weight is 236 g/mol. The number of nitrogens with two attached hydrogens (primary N) is 1. The molecule has 0 bridgehead atoms. The van der Waals surface area contributed by atoms with Crippen LogP contribution < -0.4 is 15.8 Å². The van der Waals surface area contributed by atoms with Crippen molar-refractivity contribution < 1.29 is 9.53 Å². The van der Waals surface area contributed by atoms with E-state index < -0.39 is 0 Å². The Kier molecular flexibility index (Phi) is 5.49. The fourth-order valence-electron chi connectivity index (χ4n) is 1.38. The Bertz CT molecular complexity index is 366. The minimum Gasteiger partial charge on any atom is -0.483 e. The second-order valence-electron chi connectivity index (χ2n) is 3.98. The van der Waals surface area contributed by atoms with Gasteiger partial charge in [0.2, 0.25) is 0 Å². The summed E-state index contributed by atoms with van der Waals surface area (Å²) in [5.41, 5.74) is 6.49. The lowest BCUT2D eigenvalue weighted by Gasteiger charge is -2.13. The summed E-state index contributed by atoms with van der Waals surface area (Å²) in [6.45, 7) is 4.42. The van der Waals surface area contributed by atoms with Crippen molar-refractivity contribution in [2.24, 2.45) is 5.73 Å². The fraction of sp³-hybridized carbons (Fsp3) is 0.462. The van der Waals surface area contributed by atoms with Crippen LogP contribution in [0.15, 0.2) is 24.3 Å². The quantitative estimate of drug-likeness (QED) is 0.785. The molecule has 0 aliphatic rings. The van der Waals surface area contributed by atoms with Gasteiger partial charge in [-0.15, -0.1) is 0 Å². The molecule has 0 heterocycles. The first kappa shape index (κ1) is 13.5. The van der Waals surface area contributed by atoms with E-state index >= 15 is 0 Å². The third kappa shape index (κ3) is 4.44. The zero-order chi connectivity index (χ0) is 12.7. The normalized spacial score (nSPS) is 11.9. The van der Waals surface area contributed by atoms with Crippen molar-refractivity contribution >= 4 is 5.91 Å². The summed E-state index contributed by atoms with van der Waals surface area (Å²) in [5.74, 6) is 0.570. The summed E-state index contributed by atoms with van der Waals surface area (Å²) >= 11 is 0. The molecule has 3 N–H and O–H groups in total. The molecule has 0 saturated carbocycles. The van der Waals surface area contributed by atoms with E-state index in [4.69, 9.17) is 10.5 Å². The highest BCUT2D eigenvalue weighted by Crippen LogP contribution is 2.16. The summed E-state index contributed by atoms with van der Waals surface area (Å²) in [6.07, 6.45) is 0.908. The molecule has 1 aromatic carbocycles. The van der Waals surface area contributed by atoms with Crippen LogP contribution in [0.4, 0.5) is 0 Å². The average Bonchev–Trinajstić information content (AvgIpc) is 2.36. The monoisotopic (exact) mass is 236 g/mol. The Morgan fingerprint density at radius 1 is 1.47 bits per heavy atom. The Morgan fingerprint density at radius 2 is 2.18 bits per heavy atom. The molecular weight excluding hydrogens is 216 g/mol. The van der Waals surface area contributed by atoms with Crippen molar-refractivity contribution in [3.8, 4) is 5.75 Å². The lowest BCUT2D eigenvalue weighted by molar-refractivity contribution is -0.123. The van der Waals surface area contributed by atoms with Crippen molar-refractivity contribution in [1.29, 1.82) is 0 Å². The van der Waals surface area contributed by atoms with Crippen LogP contribution in [-0.4, -0.2) is 18.6 Å². The van der Waals surface area contributed by atoms with Gasteiger partial charge in [-0.05, 0) is 19.4 Å². The summed E-state index contributed by atoms with van der Waals surface area (Å²) in [7, 11) is 0. The van der Waals surface area contributed by atoms with Crippen LogP contribution in [0, 0.1) is 0 Å². The maximum atomic E-state index is 11.5. The van der Waals surface area contributed by atoms with Gasteiger partial charge in [0, 0.05) is 18.2 Å². The molecule has 0 spiro atoms. The van der Waals surface area contributed by atoms with E-state index in [0.717, 1.165) is 12.0 Å². The van der Waals surface area contributed by atoms with Crippen LogP contribution in [0.2, 0.25) is 0 Å².